The normalized spacial score (nSPS) is 29.7. The second-order valence-corrected chi connectivity index (χ2v) is 7.31. The molecule has 156 valence electrons. The van der Waals surface area contributed by atoms with Gasteiger partial charge in [0.1, 0.15) is 6.10 Å². The summed E-state index contributed by atoms with van der Waals surface area (Å²) in [7, 11) is 1.70. The number of unbranched alkanes of at least 4 members (excludes halogenated alkanes) is 3. The van der Waals surface area contributed by atoms with E-state index in [2.05, 4.69) is 27.7 Å². The standard InChI is InChI=1S/C21H42O5/c1-6-9-12-23-16-19-21(25-14-11-8-3)17(4)18(24-13-10-7-2)15-20(22-5)26-19/h17-21H,6-16H2,1-5H3/t17-,18-,19+,20?,21-/m0/s1. The SMILES string of the molecule is CCCCOC[C@H]1OC(OC)C[C@H](OCCCC)[C@H](C)[C@@H]1OCCCC. The maximum atomic E-state index is 6.27. The lowest BCUT2D eigenvalue weighted by Crippen LogP contribution is -2.42. The van der Waals surface area contributed by atoms with Crippen molar-refractivity contribution in [3.8, 4) is 0 Å². The Morgan fingerprint density at radius 3 is 2.12 bits per heavy atom. The van der Waals surface area contributed by atoms with E-state index in [1.807, 2.05) is 0 Å². The topological polar surface area (TPSA) is 46.2 Å². The van der Waals surface area contributed by atoms with Crippen LogP contribution in [0.2, 0.25) is 0 Å². The van der Waals surface area contributed by atoms with Crippen LogP contribution < -0.4 is 0 Å². The minimum Gasteiger partial charge on any atom is -0.379 e. The Morgan fingerprint density at radius 2 is 1.50 bits per heavy atom. The summed E-state index contributed by atoms with van der Waals surface area (Å²) in [4.78, 5) is 0. The lowest BCUT2D eigenvalue weighted by Gasteiger charge is -2.32. The van der Waals surface area contributed by atoms with Crippen molar-refractivity contribution in [2.24, 2.45) is 5.92 Å². The Bertz CT molecular complexity index is 326. The molecule has 1 aliphatic rings. The van der Waals surface area contributed by atoms with E-state index in [1.165, 1.54) is 0 Å². The van der Waals surface area contributed by atoms with Crippen LogP contribution in [0.5, 0.6) is 0 Å². The van der Waals surface area contributed by atoms with Crippen LogP contribution in [-0.2, 0) is 23.7 Å². The molecule has 5 heteroatoms. The molecule has 1 rings (SSSR count). The van der Waals surface area contributed by atoms with Gasteiger partial charge in [0.25, 0.3) is 0 Å². The van der Waals surface area contributed by atoms with Gasteiger partial charge >= 0.3 is 0 Å². The van der Waals surface area contributed by atoms with Crippen molar-refractivity contribution in [1.82, 2.24) is 0 Å². The minimum absolute atomic E-state index is 0.0325. The van der Waals surface area contributed by atoms with Crippen molar-refractivity contribution in [1.29, 1.82) is 0 Å². The van der Waals surface area contributed by atoms with Crippen molar-refractivity contribution in [2.45, 2.75) is 97.2 Å². The fourth-order valence-corrected chi connectivity index (χ4v) is 3.24. The highest BCUT2D eigenvalue weighted by atomic mass is 16.7. The zero-order valence-corrected chi connectivity index (χ0v) is 17.7. The van der Waals surface area contributed by atoms with Gasteiger partial charge in [-0.3, -0.25) is 0 Å². The molecular formula is C21H42O5. The molecule has 0 saturated carbocycles. The molecule has 0 aromatic rings. The number of hydrogen-bond donors (Lipinski definition) is 0. The number of methoxy groups -OCH3 is 1. The molecule has 1 aliphatic heterocycles. The fraction of sp³-hybridized carbons (Fsp3) is 1.00. The smallest absolute Gasteiger partial charge is 0.160 e. The summed E-state index contributed by atoms with van der Waals surface area (Å²) < 4.78 is 30.2. The lowest BCUT2D eigenvalue weighted by molar-refractivity contribution is -0.196. The van der Waals surface area contributed by atoms with Gasteiger partial charge in [-0.2, -0.15) is 0 Å². The maximum Gasteiger partial charge on any atom is 0.160 e. The molecule has 0 amide bonds. The Kier molecular flexibility index (Phi) is 13.6. The molecule has 1 heterocycles. The molecule has 1 fully saturated rings. The number of ether oxygens (including phenoxy) is 5. The Morgan fingerprint density at radius 1 is 0.885 bits per heavy atom. The molecule has 0 radical (unpaired) electrons. The molecule has 0 aliphatic carbocycles. The van der Waals surface area contributed by atoms with Crippen molar-refractivity contribution in [2.75, 3.05) is 33.5 Å². The molecule has 1 saturated heterocycles. The molecule has 0 aromatic heterocycles. The predicted octanol–water partition coefficient (Wildman–Crippen LogP) is 4.57. The summed E-state index contributed by atoms with van der Waals surface area (Å²) in [5.74, 6) is 0.239. The molecule has 1 unspecified atom stereocenters. The number of rotatable bonds is 14. The van der Waals surface area contributed by atoms with Gasteiger partial charge in [-0.25, -0.2) is 0 Å². The van der Waals surface area contributed by atoms with E-state index < -0.39 is 0 Å². The van der Waals surface area contributed by atoms with Gasteiger partial charge in [0, 0.05) is 39.3 Å². The van der Waals surface area contributed by atoms with E-state index in [9.17, 15) is 0 Å². The third-order valence-corrected chi connectivity index (χ3v) is 5.05. The molecule has 5 atom stereocenters. The van der Waals surface area contributed by atoms with Gasteiger partial charge in [-0.15, -0.1) is 0 Å². The summed E-state index contributed by atoms with van der Waals surface area (Å²) in [5, 5.41) is 0. The first-order valence-corrected chi connectivity index (χ1v) is 10.7. The highest BCUT2D eigenvalue weighted by Gasteiger charge is 2.40. The monoisotopic (exact) mass is 374 g/mol. The summed E-state index contributed by atoms with van der Waals surface area (Å²) in [6.45, 7) is 11.6. The zero-order chi connectivity index (χ0) is 19.2. The van der Waals surface area contributed by atoms with Crippen LogP contribution in [0.1, 0.15) is 72.6 Å². The molecule has 0 spiro atoms. The quantitative estimate of drug-likeness (QED) is 0.417. The third kappa shape index (κ3) is 8.66. The van der Waals surface area contributed by atoms with Crippen LogP contribution in [0.4, 0.5) is 0 Å². The summed E-state index contributed by atoms with van der Waals surface area (Å²) in [5.41, 5.74) is 0. The summed E-state index contributed by atoms with van der Waals surface area (Å²) in [6.07, 6.45) is 6.98. The average Bonchev–Trinajstić information content (AvgIpc) is 2.77. The van der Waals surface area contributed by atoms with Crippen LogP contribution in [0.15, 0.2) is 0 Å². The molecule has 0 aromatic carbocycles. The third-order valence-electron chi connectivity index (χ3n) is 5.05. The Hall–Kier alpha value is -0.200. The van der Waals surface area contributed by atoms with Gasteiger partial charge in [0.2, 0.25) is 0 Å². The molecule has 0 N–H and O–H groups in total. The first kappa shape index (κ1) is 23.8. The van der Waals surface area contributed by atoms with E-state index in [-0.39, 0.29) is 30.5 Å². The second-order valence-electron chi connectivity index (χ2n) is 7.31. The highest BCUT2D eigenvalue weighted by molar-refractivity contribution is 4.86. The Labute approximate surface area is 161 Å². The summed E-state index contributed by atoms with van der Waals surface area (Å²) in [6, 6.07) is 0. The molecular weight excluding hydrogens is 332 g/mol. The van der Waals surface area contributed by atoms with Gasteiger partial charge in [-0.1, -0.05) is 47.0 Å². The van der Waals surface area contributed by atoms with Crippen molar-refractivity contribution in [3.63, 3.8) is 0 Å². The van der Waals surface area contributed by atoms with Crippen LogP contribution in [-0.4, -0.2) is 58.1 Å². The van der Waals surface area contributed by atoms with Crippen LogP contribution >= 0.6 is 0 Å². The van der Waals surface area contributed by atoms with E-state index >= 15 is 0 Å². The van der Waals surface area contributed by atoms with Gasteiger partial charge < -0.3 is 23.7 Å². The van der Waals surface area contributed by atoms with Crippen molar-refractivity contribution < 1.29 is 23.7 Å². The van der Waals surface area contributed by atoms with E-state index in [1.54, 1.807) is 7.11 Å². The molecule has 26 heavy (non-hydrogen) atoms. The van der Waals surface area contributed by atoms with E-state index in [4.69, 9.17) is 23.7 Å². The summed E-state index contributed by atoms with van der Waals surface area (Å²) >= 11 is 0. The largest absolute Gasteiger partial charge is 0.379 e. The number of hydrogen-bond acceptors (Lipinski definition) is 5. The van der Waals surface area contributed by atoms with Crippen LogP contribution in [0, 0.1) is 5.92 Å². The van der Waals surface area contributed by atoms with Crippen LogP contribution in [0.3, 0.4) is 0 Å². The molecule has 5 nitrogen and oxygen atoms in total. The highest BCUT2D eigenvalue weighted by Crippen LogP contribution is 2.30. The van der Waals surface area contributed by atoms with Gasteiger partial charge in [0.05, 0.1) is 18.8 Å². The van der Waals surface area contributed by atoms with E-state index in [0.717, 1.165) is 64.8 Å². The van der Waals surface area contributed by atoms with Crippen molar-refractivity contribution >= 4 is 0 Å². The predicted molar refractivity (Wildman–Crippen MR) is 104 cm³/mol. The second kappa shape index (κ2) is 14.8. The Balaban J connectivity index is 2.78. The fourth-order valence-electron chi connectivity index (χ4n) is 3.24. The van der Waals surface area contributed by atoms with Crippen molar-refractivity contribution in [3.05, 3.63) is 0 Å². The van der Waals surface area contributed by atoms with E-state index in [0.29, 0.717) is 6.61 Å². The average molecular weight is 375 g/mol. The minimum atomic E-state index is -0.274. The van der Waals surface area contributed by atoms with Gasteiger partial charge in [0.15, 0.2) is 6.29 Å². The first-order valence-electron chi connectivity index (χ1n) is 10.7. The maximum absolute atomic E-state index is 6.27. The first-order chi connectivity index (χ1) is 12.7. The molecule has 0 bridgehead atoms. The van der Waals surface area contributed by atoms with Crippen LogP contribution in [0.25, 0.3) is 0 Å². The zero-order valence-electron chi connectivity index (χ0n) is 17.7. The van der Waals surface area contributed by atoms with Gasteiger partial charge in [-0.05, 0) is 19.3 Å². The lowest BCUT2D eigenvalue weighted by atomic mass is 9.93.